The van der Waals surface area contributed by atoms with Crippen LogP contribution in [0.5, 0.6) is 5.75 Å². The molecule has 0 aliphatic rings. The molecule has 1 nitrogen and oxygen atoms in total. The van der Waals surface area contributed by atoms with Crippen molar-refractivity contribution < 1.29 is 5.11 Å². The lowest BCUT2D eigenvalue weighted by molar-refractivity contribution is 0.476. The number of hydrogen-bond acceptors (Lipinski definition) is 1. The van der Waals surface area contributed by atoms with E-state index in [4.69, 9.17) is 5.11 Å². The molecule has 1 heteroatoms. The first-order valence-corrected chi connectivity index (χ1v) is 5.95. The molecular formula is C15H22O. The fourth-order valence-corrected chi connectivity index (χ4v) is 1.18. The molecule has 88 valence electrons. The summed E-state index contributed by atoms with van der Waals surface area (Å²) in [7, 11) is 0. The summed E-state index contributed by atoms with van der Waals surface area (Å²) in [6.07, 6.45) is 1.25. The molecule has 0 atom stereocenters. The Labute approximate surface area is 98.7 Å². The van der Waals surface area contributed by atoms with Crippen LogP contribution in [0.2, 0.25) is 0 Å². The van der Waals surface area contributed by atoms with E-state index in [1.807, 2.05) is 44.2 Å². The van der Waals surface area contributed by atoms with Gasteiger partial charge in [-0.25, -0.2) is 0 Å². The Morgan fingerprint density at radius 2 is 1.38 bits per heavy atom. The minimum absolute atomic E-state index is 0.323. The molecule has 1 N–H and O–H groups in total. The summed E-state index contributed by atoms with van der Waals surface area (Å²) >= 11 is 0. The second-order valence-electron chi connectivity index (χ2n) is 3.24. The lowest BCUT2D eigenvalue weighted by Crippen LogP contribution is -1.69. The highest BCUT2D eigenvalue weighted by molar-refractivity contribution is 5.83. The van der Waals surface area contributed by atoms with Crippen molar-refractivity contribution in [2.75, 3.05) is 0 Å². The van der Waals surface area contributed by atoms with Crippen molar-refractivity contribution in [3.05, 3.63) is 42.5 Å². The Morgan fingerprint density at radius 3 is 1.94 bits per heavy atom. The molecule has 2 aromatic carbocycles. The molecule has 0 saturated heterocycles. The first-order valence-electron chi connectivity index (χ1n) is 5.95. The zero-order valence-corrected chi connectivity index (χ0v) is 10.7. The molecule has 0 unspecified atom stereocenters. The van der Waals surface area contributed by atoms with Crippen molar-refractivity contribution in [1.82, 2.24) is 0 Å². The van der Waals surface area contributed by atoms with Gasteiger partial charge in [0.15, 0.2) is 0 Å². The standard InChI is InChI=1S/C10H8O.C3H8.C2H6/c11-10-6-5-8-3-1-2-4-9(8)7-10;1-3-2;1-2/h1-7,11H;3H2,1-2H3;1-2H3. The van der Waals surface area contributed by atoms with Gasteiger partial charge in [0.05, 0.1) is 0 Å². The molecular weight excluding hydrogens is 196 g/mol. The SMILES string of the molecule is CC.CCC.Oc1ccc2ccccc2c1. The van der Waals surface area contributed by atoms with Crippen molar-refractivity contribution >= 4 is 10.8 Å². The van der Waals surface area contributed by atoms with Crippen LogP contribution in [-0.4, -0.2) is 5.11 Å². The average molecular weight is 218 g/mol. The molecule has 0 aromatic heterocycles. The molecule has 0 saturated carbocycles. The van der Waals surface area contributed by atoms with Gasteiger partial charge in [0.25, 0.3) is 0 Å². The number of fused-ring (bicyclic) bond motifs is 1. The van der Waals surface area contributed by atoms with Crippen LogP contribution in [0.4, 0.5) is 0 Å². The second kappa shape index (κ2) is 8.78. The van der Waals surface area contributed by atoms with Gasteiger partial charge in [0.2, 0.25) is 0 Å². The fourth-order valence-electron chi connectivity index (χ4n) is 1.18. The highest BCUT2D eigenvalue weighted by atomic mass is 16.3. The monoisotopic (exact) mass is 218 g/mol. The summed E-state index contributed by atoms with van der Waals surface area (Å²) in [6, 6.07) is 13.3. The number of benzene rings is 2. The summed E-state index contributed by atoms with van der Waals surface area (Å²) in [6.45, 7) is 8.25. The predicted octanol–water partition coefficient (Wildman–Crippen LogP) is 4.99. The molecule has 0 aliphatic heterocycles. The van der Waals surface area contributed by atoms with Crippen LogP contribution in [-0.2, 0) is 0 Å². The lowest BCUT2D eigenvalue weighted by atomic mass is 10.1. The van der Waals surface area contributed by atoms with Crippen LogP contribution in [0, 0.1) is 0 Å². The van der Waals surface area contributed by atoms with E-state index < -0.39 is 0 Å². The number of phenolic OH excluding ortho intramolecular Hbond substituents is 1. The molecule has 0 radical (unpaired) electrons. The average Bonchev–Trinajstić information content (AvgIpc) is 2.32. The molecule has 0 bridgehead atoms. The van der Waals surface area contributed by atoms with E-state index in [2.05, 4.69) is 13.8 Å². The predicted molar refractivity (Wildman–Crippen MR) is 72.9 cm³/mol. The maximum atomic E-state index is 9.13. The van der Waals surface area contributed by atoms with E-state index in [9.17, 15) is 0 Å². The fraction of sp³-hybridized carbons (Fsp3) is 0.333. The van der Waals surface area contributed by atoms with E-state index in [-0.39, 0.29) is 0 Å². The molecule has 0 fully saturated rings. The smallest absolute Gasteiger partial charge is 0.116 e. The molecule has 2 rings (SSSR count). The van der Waals surface area contributed by atoms with Crippen LogP contribution in [0.1, 0.15) is 34.1 Å². The summed E-state index contributed by atoms with van der Waals surface area (Å²) in [4.78, 5) is 0. The summed E-state index contributed by atoms with van der Waals surface area (Å²) in [5, 5.41) is 11.4. The van der Waals surface area contributed by atoms with Crippen molar-refractivity contribution in [2.45, 2.75) is 34.1 Å². The van der Waals surface area contributed by atoms with E-state index in [1.54, 1.807) is 12.1 Å². The van der Waals surface area contributed by atoms with E-state index in [0.717, 1.165) is 10.8 Å². The van der Waals surface area contributed by atoms with E-state index in [1.165, 1.54) is 6.42 Å². The van der Waals surface area contributed by atoms with Gasteiger partial charge < -0.3 is 5.11 Å². The molecule has 0 aliphatic carbocycles. The Balaban J connectivity index is 0.000000394. The van der Waals surface area contributed by atoms with Crippen LogP contribution < -0.4 is 0 Å². The third kappa shape index (κ3) is 4.83. The van der Waals surface area contributed by atoms with Crippen LogP contribution in [0.3, 0.4) is 0 Å². The van der Waals surface area contributed by atoms with Crippen molar-refractivity contribution in [3.63, 3.8) is 0 Å². The quantitative estimate of drug-likeness (QED) is 0.660. The second-order valence-corrected chi connectivity index (χ2v) is 3.24. The molecule has 16 heavy (non-hydrogen) atoms. The van der Waals surface area contributed by atoms with Gasteiger partial charge in [-0.05, 0) is 22.9 Å². The number of aromatic hydroxyl groups is 1. The van der Waals surface area contributed by atoms with Crippen LogP contribution >= 0.6 is 0 Å². The van der Waals surface area contributed by atoms with Crippen molar-refractivity contribution in [2.24, 2.45) is 0 Å². The Bertz CT molecular complexity index is 393. The zero-order chi connectivity index (χ0) is 12.4. The maximum absolute atomic E-state index is 9.13. The Kier molecular flexibility index (Phi) is 7.96. The molecule has 0 spiro atoms. The van der Waals surface area contributed by atoms with Crippen molar-refractivity contribution in [1.29, 1.82) is 0 Å². The third-order valence-corrected chi connectivity index (χ3v) is 1.73. The van der Waals surface area contributed by atoms with Gasteiger partial charge >= 0.3 is 0 Å². The summed E-state index contributed by atoms with van der Waals surface area (Å²) in [5.41, 5.74) is 0. The molecule has 0 amide bonds. The largest absolute Gasteiger partial charge is 0.508 e. The van der Waals surface area contributed by atoms with Crippen molar-refractivity contribution in [3.8, 4) is 5.75 Å². The number of phenols is 1. The minimum Gasteiger partial charge on any atom is -0.508 e. The third-order valence-electron chi connectivity index (χ3n) is 1.73. The van der Waals surface area contributed by atoms with E-state index in [0.29, 0.717) is 5.75 Å². The maximum Gasteiger partial charge on any atom is 0.116 e. The Morgan fingerprint density at radius 1 is 0.875 bits per heavy atom. The minimum atomic E-state index is 0.323. The number of hydrogen-bond donors (Lipinski definition) is 1. The first-order chi connectivity index (χ1) is 7.77. The van der Waals surface area contributed by atoms with Crippen LogP contribution in [0.25, 0.3) is 10.8 Å². The first kappa shape index (κ1) is 14.5. The summed E-state index contributed by atoms with van der Waals surface area (Å²) < 4.78 is 0. The number of rotatable bonds is 0. The van der Waals surface area contributed by atoms with Gasteiger partial charge in [-0.1, -0.05) is 64.4 Å². The van der Waals surface area contributed by atoms with E-state index >= 15 is 0 Å². The van der Waals surface area contributed by atoms with Gasteiger partial charge in [0, 0.05) is 0 Å². The van der Waals surface area contributed by atoms with Gasteiger partial charge in [-0.15, -0.1) is 0 Å². The highest BCUT2D eigenvalue weighted by Gasteiger charge is 1.91. The summed E-state index contributed by atoms with van der Waals surface area (Å²) in [5.74, 6) is 0.323. The zero-order valence-electron chi connectivity index (χ0n) is 10.7. The molecule has 2 aromatic rings. The van der Waals surface area contributed by atoms with Crippen LogP contribution in [0.15, 0.2) is 42.5 Å². The normalized spacial score (nSPS) is 8.50. The van der Waals surface area contributed by atoms with Gasteiger partial charge in [-0.2, -0.15) is 0 Å². The van der Waals surface area contributed by atoms with Gasteiger partial charge in [-0.3, -0.25) is 0 Å². The van der Waals surface area contributed by atoms with Gasteiger partial charge in [0.1, 0.15) is 5.75 Å². The molecule has 0 heterocycles. The topological polar surface area (TPSA) is 20.2 Å². The Hall–Kier alpha value is -1.50. The lowest BCUT2D eigenvalue weighted by Gasteiger charge is -1.96. The highest BCUT2D eigenvalue weighted by Crippen LogP contribution is 2.18.